The minimum Gasteiger partial charge on any atom is -0.395 e. The van der Waals surface area contributed by atoms with Crippen LogP contribution in [0.25, 0.3) is 0 Å². The number of aliphatic hydroxyl groups is 4. The molecule has 0 saturated carbocycles. The van der Waals surface area contributed by atoms with E-state index in [-0.39, 0.29) is 18.8 Å². The van der Waals surface area contributed by atoms with Crippen molar-refractivity contribution in [3.05, 3.63) is 0 Å². The number of aliphatic hydroxyl groups excluding tert-OH is 4. The Kier molecular flexibility index (Phi) is 10.2. The monoisotopic (exact) mass is 317 g/mol. The molecule has 0 radical (unpaired) electrons. The van der Waals surface area contributed by atoms with Crippen molar-refractivity contribution in [1.29, 1.82) is 0 Å². The van der Waals surface area contributed by atoms with Crippen LogP contribution in [-0.4, -0.2) is 57.4 Å². The van der Waals surface area contributed by atoms with E-state index >= 15 is 0 Å². The average molecular weight is 317 g/mol. The zero-order valence-corrected chi connectivity index (χ0v) is 14.0. The molecular formula is C17H35NO4. The highest BCUT2D eigenvalue weighted by atomic mass is 16.3. The van der Waals surface area contributed by atoms with Gasteiger partial charge in [0.25, 0.3) is 0 Å². The van der Waals surface area contributed by atoms with Crippen LogP contribution in [0, 0.1) is 0 Å². The summed E-state index contributed by atoms with van der Waals surface area (Å²) in [5.41, 5.74) is 0. The van der Waals surface area contributed by atoms with E-state index in [4.69, 9.17) is 0 Å². The van der Waals surface area contributed by atoms with E-state index in [2.05, 4.69) is 12.2 Å². The molecule has 22 heavy (non-hydrogen) atoms. The van der Waals surface area contributed by atoms with Gasteiger partial charge in [-0.15, -0.1) is 0 Å². The van der Waals surface area contributed by atoms with Crippen molar-refractivity contribution >= 4 is 0 Å². The second kappa shape index (κ2) is 11.4. The number of unbranched alkanes of at least 4 members (excludes halogenated alkanes) is 6. The summed E-state index contributed by atoms with van der Waals surface area (Å²) in [6, 6.07) is -0.547. The SMILES string of the molecule is CCCCCCCCCC(O)C[C@@H]1C[C@@H](O)[C@H](O)[C@H](CO)N1. The van der Waals surface area contributed by atoms with E-state index in [9.17, 15) is 20.4 Å². The molecular weight excluding hydrogens is 282 g/mol. The molecule has 0 aromatic heterocycles. The van der Waals surface area contributed by atoms with E-state index in [0.29, 0.717) is 12.8 Å². The van der Waals surface area contributed by atoms with Crippen molar-refractivity contribution in [3.8, 4) is 0 Å². The molecule has 1 fully saturated rings. The van der Waals surface area contributed by atoms with E-state index in [1.165, 1.54) is 38.5 Å². The third-order valence-corrected chi connectivity index (χ3v) is 4.68. The first kappa shape index (κ1) is 19.8. The lowest BCUT2D eigenvalue weighted by Crippen LogP contribution is -2.59. The fraction of sp³-hybridized carbons (Fsp3) is 1.00. The van der Waals surface area contributed by atoms with Gasteiger partial charge in [0.2, 0.25) is 0 Å². The molecule has 132 valence electrons. The number of piperidine rings is 1. The maximum Gasteiger partial charge on any atom is 0.0974 e. The molecule has 1 aliphatic rings. The second-order valence-electron chi connectivity index (χ2n) is 6.75. The third-order valence-electron chi connectivity index (χ3n) is 4.68. The predicted octanol–water partition coefficient (Wildman–Crippen LogP) is 1.32. The normalized spacial score (nSPS) is 30.4. The van der Waals surface area contributed by atoms with Crippen LogP contribution in [-0.2, 0) is 0 Å². The highest BCUT2D eigenvalue weighted by molar-refractivity contribution is 4.92. The topological polar surface area (TPSA) is 93.0 Å². The van der Waals surface area contributed by atoms with Crippen molar-refractivity contribution in [2.24, 2.45) is 0 Å². The van der Waals surface area contributed by atoms with Gasteiger partial charge in [-0.3, -0.25) is 0 Å². The molecule has 1 unspecified atom stereocenters. The lowest BCUT2D eigenvalue weighted by molar-refractivity contribution is -0.0559. The molecule has 0 spiro atoms. The Hall–Kier alpha value is -0.200. The summed E-state index contributed by atoms with van der Waals surface area (Å²) >= 11 is 0. The van der Waals surface area contributed by atoms with Gasteiger partial charge in [0.15, 0.2) is 0 Å². The highest BCUT2D eigenvalue weighted by Gasteiger charge is 2.35. The Labute approximate surface area is 134 Å². The lowest BCUT2D eigenvalue weighted by Gasteiger charge is -2.38. The number of hydrogen-bond donors (Lipinski definition) is 5. The molecule has 1 heterocycles. The Morgan fingerprint density at radius 1 is 1.05 bits per heavy atom. The molecule has 1 saturated heterocycles. The molecule has 0 aliphatic carbocycles. The van der Waals surface area contributed by atoms with Gasteiger partial charge >= 0.3 is 0 Å². The summed E-state index contributed by atoms with van der Waals surface area (Å²) in [7, 11) is 0. The van der Waals surface area contributed by atoms with Gasteiger partial charge in [0, 0.05) is 6.04 Å². The predicted molar refractivity (Wildman–Crippen MR) is 87.7 cm³/mol. The Bertz CT molecular complexity index is 277. The average Bonchev–Trinajstić information content (AvgIpc) is 2.49. The first-order chi connectivity index (χ1) is 10.6. The van der Waals surface area contributed by atoms with Crippen LogP contribution < -0.4 is 5.32 Å². The minimum atomic E-state index is -0.929. The van der Waals surface area contributed by atoms with Crippen LogP contribution in [0.5, 0.6) is 0 Å². The molecule has 5 nitrogen and oxygen atoms in total. The molecule has 0 bridgehead atoms. The Morgan fingerprint density at radius 2 is 1.68 bits per heavy atom. The summed E-state index contributed by atoms with van der Waals surface area (Å²) in [6.07, 6.45) is 8.27. The summed E-state index contributed by atoms with van der Waals surface area (Å²) < 4.78 is 0. The molecule has 5 atom stereocenters. The van der Waals surface area contributed by atoms with Crippen LogP contribution in [0.15, 0.2) is 0 Å². The van der Waals surface area contributed by atoms with Gasteiger partial charge < -0.3 is 25.7 Å². The molecule has 1 aliphatic heterocycles. The van der Waals surface area contributed by atoms with Gasteiger partial charge in [-0.05, 0) is 19.3 Å². The van der Waals surface area contributed by atoms with Gasteiger partial charge in [0.05, 0.1) is 31.0 Å². The quantitative estimate of drug-likeness (QED) is 0.371. The van der Waals surface area contributed by atoms with Crippen LogP contribution >= 0.6 is 0 Å². The fourth-order valence-corrected chi connectivity index (χ4v) is 3.28. The van der Waals surface area contributed by atoms with Crippen LogP contribution in [0.2, 0.25) is 0 Å². The van der Waals surface area contributed by atoms with Crippen LogP contribution in [0.1, 0.15) is 71.1 Å². The lowest BCUT2D eigenvalue weighted by atomic mass is 9.89. The number of hydrogen-bond acceptors (Lipinski definition) is 5. The molecule has 0 aromatic rings. The first-order valence-electron chi connectivity index (χ1n) is 8.99. The van der Waals surface area contributed by atoms with Crippen molar-refractivity contribution in [2.75, 3.05) is 6.61 Å². The number of nitrogens with one attached hydrogen (secondary N) is 1. The summed E-state index contributed by atoms with van der Waals surface area (Å²) in [6.45, 7) is 2.01. The standard InChI is InChI=1S/C17H35NO4/c1-2-3-4-5-6-7-8-9-14(20)10-13-11-16(21)17(22)15(12-19)18-13/h13-22H,2-12H2,1H3/t13-,14?,15+,16-,17-/m1/s1. The van der Waals surface area contributed by atoms with E-state index < -0.39 is 18.2 Å². The highest BCUT2D eigenvalue weighted by Crippen LogP contribution is 2.20. The van der Waals surface area contributed by atoms with Gasteiger partial charge in [-0.1, -0.05) is 51.9 Å². The van der Waals surface area contributed by atoms with Crippen LogP contribution in [0.3, 0.4) is 0 Å². The first-order valence-corrected chi connectivity index (χ1v) is 8.99. The zero-order chi connectivity index (χ0) is 16.4. The smallest absolute Gasteiger partial charge is 0.0974 e. The van der Waals surface area contributed by atoms with E-state index in [0.717, 1.165) is 12.8 Å². The minimum absolute atomic E-state index is 0.0462. The maximum atomic E-state index is 10.1. The zero-order valence-electron chi connectivity index (χ0n) is 14.0. The molecule has 0 amide bonds. The summed E-state index contributed by atoms with van der Waals surface area (Å²) in [5.74, 6) is 0. The van der Waals surface area contributed by atoms with Gasteiger partial charge in [-0.25, -0.2) is 0 Å². The molecule has 0 aromatic carbocycles. The number of rotatable bonds is 11. The van der Waals surface area contributed by atoms with E-state index in [1.54, 1.807) is 0 Å². The van der Waals surface area contributed by atoms with Crippen molar-refractivity contribution in [2.45, 2.75) is 102 Å². The Balaban J connectivity index is 2.12. The third kappa shape index (κ3) is 7.38. The largest absolute Gasteiger partial charge is 0.395 e. The van der Waals surface area contributed by atoms with Crippen LogP contribution in [0.4, 0.5) is 0 Å². The van der Waals surface area contributed by atoms with Crippen molar-refractivity contribution in [1.82, 2.24) is 5.32 Å². The van der Waals surface area contributed by atoms with Gasteiger partial charge in [0.1, 0.15) is 0 Å². The van der Waals surface area contributed by atoms with Crippen molar-refractivity contribution in [3.63, 3.8) is 0 Å². The molecule has 5 N–H and O–H groups in total. The summed E-state index contributed by atoms with van der Waals surface area (Å²) in [4.78, 5) is 0. The molecule has 5 heteroatoms. The van der Waals surface area contributed by atoms with E-state index in [1.807, 2.05) is 0 Å². The van der Waals surface area contributed by atoms with Crippen molar-refractivity contribution < 1.29 is 20.4 Å². The van der Waals surface area contributed by atoms with Gasteiger partial charge in [-0.2, -0.15) is 0 Å². The fourth-order valence-electron chi connectivity index (χ4n) is 3.28. The maximum absolute atomic E-state index is 10.1. The Morgan fingerprint density at radius 3 is 2.32 bits per heavy atom. The molecule has 1 rings (SSSR count). The second-order valence-corrected chi connectivity index (χ2v) is 6.75. The summed E-state index contributed by atoms with van der Waals surface area (Å²) in [5, 5.41) is 41.9.